The SMILES string of the molecule is COc1cc(NC(=O)c2nc[nH]c2C(=O)O)ccc1F. The van der Waals surface area contributed by atoms with Crippen LogP contribution in [0, 0.1) is 5.82 Å². The molecule has 2 rings (SSSR count). The molecule has 2 aromatic rings. The zero-order valence-electron chi connectivity index (χ0n) is 10.3. The molecular formula is C12H10FN3O4. The third-order valence-electron chi connectivity index (χ3n) is 2.48. The van der Waals surface area contributed by atoms with E-state index >= 15 is 0 Å². The number of carbonyl (C=O) groups is 2. The summed E-state index contributed by atoms with van der Waals surface area (Å²) >= 11 is 0. The van der Waals surface area contributed by atoms with Crippen LogP contribution >= 0.6 is 0 Å². The van der Waals surface area contributed by atoms with Crippen molar-refractivity contribution in [3.8, 4) is 5.75 Å². The number of nitrogens with one attached hydrogen (secondary N) is 2. The Morgan fingerprint density at radius 2 is 2.20 bits per heavy atom. The lowest BCUT2D eigenvalue weighted by Crippen LogP contribution is -2.16. The summed E-state index contributed by atoms with van der Waals surface area (Å²) in [6.07, 6.45) is 1.10. The molecule has 20 heavy (non-hydrogen) atoms. The van der Waals surface area contributed by atoms with Crippen molar-refractivity contribution in [2.24, 2.45) is 0 Å². The fraction of sp³-hybridized carbons (Fsp3) is 0.0833. The van der Waals surface area contributed by atoms with E-state index in [9.17, 15) is 14.0 Å². The van der Waals surface area contributed by atoms with Gasteiger partial charge in [0.25, 0.3) is 5.91 Å². The lowest BCUT2D eigenvalue weighted by atomic mass is 10.2. The van der Waals surface area contributed by atoms with Gasteiger partial charge in [0.15, 0.2) is 23.0 Å². The van der Waals surface area contributed by atoms with Crippen molar-refractivity contribution in [1.82, 2.24) is 9.97 Å². The van der Waals surface area contributed by atoms with Crippen LogP contribution in [-0.4, -0.2) is 34.1 Å². The average Bonchev–Trinajstić information content (AvgIpc) is 2.90. The summed E-state index contributed by atoms with van der Waals surface area (Å²) in [5.74, 6) is -2.64. The van der Waals surface area contributed by atoms with Gasteiger partial charge in [-0.2, -0.15) is 0 Å². The second-order valence-electron chi connectivity index (χ2n) is 3.73. The Balaban J connectivity index is 2.23. The molecule has 8 heteroatoms. The van der Waals surface area contributed by atoms with E-state index in [4.69, 9.17) is 9.84 Å². The van der Waals surface area contributed by atoms with Gasteiger partial charge in [-0.1, -0.05) is 0 Å². The molecule has 0 fully saturated rings. The molecule has 1 heterocycles. The first kappa shape index (κ1) is 13.5. The van der Waals surface area contributed by atoms with Crippen LogP contribution in [0.2, 0.25) is 0 Å². The number of hydrogen-bond acceptors (Lipinski definition) is 4. The predicted molar refractivity (Wildman–Crippen MR) is 66.5 cm³/mol. The number of H-pyrrole nitrogens is 1. The number of carboxylic acid groups (broad SMARTS) is 1. The van der Waals surface area contributed by atoms with E-state index in [2.05, 4.69) is 15.3 Å². The summed E-state index contributed by atoms with van der Waals surface area (Å²) in [5.41, 5.74) is -0.329. The molecule has 1 amide bonds. The molecule has 3 N–H and O–H groups in total. The van der Waals surface area contributed by atoms with E-state index in [0.29, 0.717) is 0 Å². The summed E-state index contributed by atoms with van der Waals surface area (Å²) < 4.78 is 18.0. The van der Waals surface area contributed by atoms with E-state index in [-0.39, 0.29) is 22.8 Å². The average molecular weight is 279 g/mol. The molecule has 7 nitrogen and oxygen atoms in total. The van der Waals surface area contributed by atoms with E-state index in [0.717, 1.165) is 12.4 Å². The number of carbonyl (C=O) groups excluding carboxylic acids is 1. The Morgan fingerprint density at radius 3 is 2.85 bits per heavy atom. The van der Waals surface area contributed by atoms with E-state index < -0.39 is 17.7 Å². The van der Waals surface area contributed by atoms with Crippen molar-refractivity contribution in [2.75, 3.05) is 12.4 Å². The molecule has 0 unspecified atom stereocenters. The zero-order valence-corrected chi connectivity index (χ0v) is 10.3. The molecular weight excluding hydrogens is 269 g/mol. The highest BCUT2D eigenvalue weighted by molar-refractivity contribution is 6.08. The third-order valence-corrected chi connectivity index (χ3v) is 2.48. The first-order valence-corrected chi connectivity index (χ1v) is 5.44. The van der Waals surface area contributed by atoms with Crippen LogP contribution in [0.4, 0.5) is 10.1 Å². The number of amides is 1. The first-order chi connectivity index (χ1) is 9.52. The second kappa shape index (κ2) is 5.39. The van der Waals surface area contributed by atoms with Crippen molar-refractivity contribution < 1.29 is 23.8 Å². The molecule has 0 aliphatic carbocycles. The fourth-order valence-electron chi connectivity index (χ4n) is 1.56. The Hall–Kier alpha value is -2.90. The van der Waals surface area contributed by atoms with E-state index in [1.54, 1.807) is 0 Å². The zero-order chi connectivity index (χ0) is 14.7. The summed E-state index contributed by atoms with van der Waals surface area (Å²) in [6, 6.07) is 3.72. The fourth-order valence-corrected chi connectivity index (χ4v) is 1.56. The van der Waals surface area contributed by atoms with Crippen LogP contribution in [0.5, 0.6) is 5.75 Å². The van der Waals surface area contributed by atoms with E-state index in [1.807, 2.05) is 0 Å². The highest BCUT2D eigenvalue weighted by atomic mass is 19.1. The van der Waals surface area contributed by atoms with Crippen LogP contribution in [0.1, 0.15) is 21.0 Å². The summed E-state index contributed by atoms with van der Waals surface area (Å²) in [6.45, 7) is 0. The number of aromatic amines is 1. The summed E-state index contributed by atoms with van der Waals surface area (Å²) in [5, 5.41) is 11.3. The van der Waals surface area contributed by atoms with Gasteiger partial charge in [-0.15, -0.1) is 0 Å². The smallest absolute Gasteiger partial charge is 0.354 e. The molecule has 1 aromatic heterocycles. The van der Waals surface area contributed by atoms with Gasteiger partial charge in [0.1, 0.15) is 0 Å². The number of nitrogens with zero attached hydrogens (tertiary/aromatic N) is 1. The maximum Gasteiger partial charge on any atom is 0.354 e. The van der Waals surface area contributed by atoms with Gasteiger partial charge in [-0.05, 0) is 12.1 Å². The second-order valence-corrected chi connectivity index (χ2v) is 3.73. The van der Waals surface area contributed by atoms with Gasteiger partial charge in [0.05, 0.1) is 13.4 Å². The number of halogens is 1. The monoisotopic (exact) mass is 279 g/mol. The topological polar surface area (TPSA) is 104 Å². The van der Waals surface area contributed by atoms with Crippen molar-refractivity contribution in [3.05, 3.63) is 41.7 Å². The molecule has 104 valence electrons. The third kappa shape index (κ3) is 2.58. The van der Waals surface area contributed by atoms with Gasteiger partial charge in [-0.3, -0.25) is 4.79 Å². The van der Waals surface area contributed by atoms with Gasteiger partial charge in [0.2, 0.25) is 0 Å². The van der Waals surface area contributed by atoms with Gasteiger partial charge in [0, 0.05) is 11.8 Å². The molecule has 0 radical (unpaired) electrons. The Labute approximate surface area is 112 Å². The van der Waals surface area contributed by atoms with Gasteiger partial charge < -0.3 is 20.1 Å². The van der Waals surface area contributed by atoms with Crippen LogP contribution < -0.4 is 10.1 Å². The van der Waals surface area contributed by atoms with Crippen LogP contribution in [0.25, 0.3) is 0 Å². The van der Waals surface area contributed by atoms with Crippen molar-refractivity contribution in [3.63, 3.8) is 0 Å². The minimum absolute atomic E-state index is 0.0386. The standard InChI is InChI=1S/C12H10FN3O4/c1-20-8-4-6(2-3-7(8)13)16-11(17)9-10(12(18)19)15-5-14-9/h2-5H,1H3,(H,14,15)(H,16,17)(H,18,19). The molecule has 0 aliphatic heterocycles. The maximum atomic E-state index is 13.2. The normalized spacial score (nSPS) is 10.1. The number of carboxylic acids is 1. The minimum Gasteiger partial charge on any atom is -0.494 e. The molecule has 0 spiro atoms. The van der Waals surface area contributed by atoms with Crippen LogP contribution in [-0.2, 0) is 0 Å². The largest absolute Gasteiger partial charge is 0.494 e. The number of aromatic nitrogens is 2. The molecule has 0 saturated heterocycles. The predicted octanol–water partition coefficient (Wildman–Crippen LogP) is 1.51. The summed E-state index contributed by atoms with van der Waals surface area (Å²) in [4.78, 5) is 28.7. The highest BCUT2D eigenvalue weighted by Crippen LogP contribution is 2.21. The molecule has 0 saturated carbocycles. The van der Waals surface area contributed by atoms with Gasteiger partial charge in [-0.25, -0.2) is 14.2 Å². The number of benzene rings is 1. The summed E-state index contributed by atoms with van der Waals surface area (Å²) in [7, 11) is 1.29. The molecule has 0 bridgehead atoms. The minimum atomic E-state index is -1.30. The Morgan fingerprint density at radius 1 is 1.45 bits per heavy atom. The quantitative estimate of drug-likeness (QED) is 0.786. The highest BCUT2D eigenvalue weighted by Gasteiger charge is 2.20. The van der Waals surface area contributed by atoms with Crippen molar-refractivity contribution >= 4 is 17.6 Å². The lowest BCUT2D eigenvalue weighted by Gasteiger charge is -2.07. The van der Waals surface area contributed by atoms with Gasteiger partial charge >= 0.3 is 5.97 Å². The number of rotatable bonds is 4. The van der Waals surface area contributed by atoms with Crippen molar-refractivity contribution in [1.29, 1.82) is 0 Å². The first-order valence-electron chi connectivity index (χ1n) is 5.44. The Bertz CT molecular complexity index is 668. The number of aromatic carboxylic acids is 1. The number of methoxy groups -OCH3 is 1. The number of anilines is 1. The van der Waals surface area contributed by atoms with E-state index in [1.165, 1.54) is 19.2 Å². The number of ether oxygens (including phenoxy) is 1. The molecule has 0 aliphatic rings. The van der Waals surface area contributed by atoms with Crippen LogP contribution in [0.15, 0.2) is 24.5 Å². The molecule has 1 aromatic carbocycles. The lowest BCUT2D eigenvalue weighted by molar-refractivity contribution is 0.0686. The maximum absolute atomic E-state index is 13.2. The Kier molecular flexibility index (Phi) is 3.65. The number of hydrogen-bond donors (Lipinski definition) is 3. The van der Waals surface area contributed by atoms with Crippen LogP contribution in [0.3, 0.4) is 0 Å². The van der Waals surface area contributed by atoms with Crippen molar-refractivity contribution in [2.45, 2.75) is 0 Å². The molecule has 0 atom stereocenters. The number of imidazole rings is 1.